The third kappa shape index (κ3) is 1.40. The fourth-order valence-electron chi connectivity index (χ4n) is 5.17. The number of fused-ring (bicyclic) bond motifs is 4. The molecule has 3 aliphatic rings. The molecule has 1 heteroatoms. The zero-order chi connectivity index (χ0) is 11.6. The van der Waals surface area contributed by atoms with Crippen LogP contribution in [0.5, 0.6) is 0 Å². The lowest BCUT2D eigenvalue weighted by atomic mass is 9.49. The first-order valence-corrected chi connectivity index (χ1v) is 7.07. The molecule has 16 heavy (non-hydrogen) atoms. The topological polar surface area (TPSA) is 20.2 Å². The fourth-order valence-corrected chi connectivity index (χ4v) is 5.17. The minimum absolute atomic E-state index is 0.302. The Morgan fingerprint density at radius 1 is 1.00 bits per heavy atom. The smallest absolute Gasteiger partial charge is 0.0684 e. The van der Waals surface area contributed by atoms with E-state index in [1.54, 1.807) is 0 Å². The lowest BCUT2D eigenvalue weighted by molar-refractivity contribution is -0.161. The van der Waals surface area contributed by atoms with E-state index >= 15 is 0 Å². The molecule has 0 amide bonds. The molecule has 1 nitrogen and oxygen atoms in total. The summed E-state index contributed by atoms with van der Waals surface area (Å²) < 4.78 is 0. The van der Waals surface area contributed by atoms with Crippen molar-refractivity contribution in [1.29, 1.82) is 0 Å². The van der Waals surface area contributed by atoms with Crippen molar-refractivity contribution in [2.45, 2.75) is 71.3 Å². The highest BCUT2D eigenvalue weighted by Crippen LogP contribution is 2.64. The third-order valence-corrected chi connectivity index (χ3v) is 6.11. The highest BCUT2D eigenvalue weighted by Gasteiger charge is 2.59. The van der Waals surface area contributed by atoms with Gasteiger partial charge in [0.25, 0.3) is 0 Å². The van der Waals surface area contributed by atoms with Gasteiger partial charge in [-0.1, -0.05) is 27.2 Å². The Hall–Kier alpha value is -0.0400. The van der Waals surface area contributed by atoms with Crippen LogP contribution in [0.4, 0.5) is 0 Å². The van der Waals surface area contributed by atoms with E-state index in [2.05, 4.69) is 20.8 Å². The van der Waals surface area contributed by atoms with E-state index in [1.165, 1.54) is 32.1 Å². The summed E-state index contributed by atoms with van der Waals surface area (Å²) >= 11 is 0. The van der Waals surface area contributed by atoms with Crippen LogP contribution in [0.25, 0.3) is 0 Å². The molecule has 3 saturated carbocycles. The van der Waals surface area contributed by atoms with Crippen LogP contribution in [-0.4, -0.2) is 10.7 Å². The summed E-state index contributed by atoms with van der Waals surface area (Å²) in [5.41, 5.74) is 0.637. The quantitative estimate of drug-likeness (QED) is 0.662. The van der Waals surface area contributed by atoms with Gasteiger partial charge in [0.1, 0.15) is 0 Å². The average molecular weight is 222 g/mol. The van der Waals surface area contributed by atoms with E-state index in [0.717, 1.165) is 18.8 Å². The molecule has 0 radical (unpaired) electrons. The number of aliphatic hydroxyl groups is 1. The van der Waals surface area contributed by atoms with Crippen molar-refractivity contribution in [3.8, 4) is 0 Å². The first-order valence-electron chi connectivity index (χ1n) is 7.07. The highest BCUT2D eigenvalue weighted by atomic mass is 16.3. The number of rotatable bonds is 0. The monoisotopic (exact) mass is 222 g/mol. The summed E-state index contributed by atoms with van der Waals surface area (Å²) in [5, 5.41) is 11.0. The van der Waals surface area contributed by atoms with Crippen molar-refractivity contribution < 1.29 is 5.11 Å². The normalized spacial score (nSPS) is 54.8. The van der Waals surface area contributed by atoms with Crippen molar-refractivity contribution in [2.24, 2.45) is 22.7 Å². The molecule has 2 bridgehead atoms. The Morgan fingerprint density at radius 2 is 1.75 bits per heavy atom. The lowest BCUT2D eigenvalue weighted by Gasteiger charge is -2.58. The van der Waals surface area contributed by atoms with E-state index in [0.29, 0.717) is 16.7 Å². The van der Waals surface area contributed by atoms with Gasteiger partial charge < -0.3 is 5.11 Å². The second-order valence-corrected chi connectivity index (χ2v) is 7.89. The predicted molar refractivity (Wildman–Crippen MR) is 66.1 cm³/mol. The van der Waals surface area contributed by atoms with Crippen molar-refractivity contribution in [3.05, 3.63) is 0 Å². The van der Waals surface area contributed by atoms with Crippen molar-refractivity contribution in [3.63, 3.8) is 0 Å². The molecule has 1 N–H and O–H groups in total. The molecule has 92 valence electrons. The van der Waals surface area contributed by atoms with Gasteiger partial charge in [-0.25, -0.2) is 0 Å². The molecule has 0 aliphatic heterocycles. The van der Waals surface area contributed by atoms with E-state index in [1.807, 2.05) is 0 Å². The molecule has 0 saturated heterocycles. The maximum absolute atomic E-state index is 11.0. The number of hydrogen-bond acceptors (Lipinski definition) is 1. The Kier molecular flexibility index (Phi) is 2.11. The third-order valence-electron chi connectivity index (χ3n) is 6.11. The predicted octanol–water partition coefficient (Wildman–Crippen LogP) is 3.75. The van der Waals surface area contributed by atoms with Crippen LogP contribution in [0, 0.1) is 22.7 Å². The molecule has 3 aliphatic carbocycles. The maximum atomic E-state index is 11.0. The zero-order valence-electron chi connectivity index (χ0n) is 11.1. The van der Waals surface area contributed by atoms with E-state index in [-0.39, 0.29) is 5.60 Å². The maximum Gasteiger partial charge on any atom is 0.0684 e. The highest BCUT2D eigenvalue weighted by molar-refractivity contribution is 5.10. The van der Waals surface area contributed by atoms with Gasteiger partial charge in [0, 0.05) is 0 Å². The van der Waals surface area contributed by atoms with Crippen LogP contribution in [0.1, 0.15) is 65.7 Å². The summed E-state index contributed by atoms with van der Waals surface area (Å²) in [6, 6.07) is 0. The van der Waals surface area contributed by atoms with Gasteiger partial charge in [-0.05, 0) is 61.2 Å². The molecule has 4 atom stereocenters. The molecule has 0 unspecified atom stereocenters. The largest absolute Gasteiger partial charge is 0.390 e. The lowest BCUT2D eigenvalue weighted by Crippen LogP contribution is -2.56. The van der Waals surface area contributed by atoms with Crippen LogP contribution in [0.2, 0.25) is 0 Å². The summed E-state index contributed by atoms with van der Waals surface area (Å²) in [5.74, 6) is 1.40. The van der Waals surface area contributed by atoms with Crippen molar-refractivity contribution >= 4 is 0 Å². The van der Waals surface area contributed by atoms with Gasteiger partial charge in [-0.15, -0.1) is 0 Å². The van der Waals surface area contributed by atoms with Gasteiger partial charge in [0.05, 0.1) is 5.60 Å². The molecular formula is C15H26O. The SMILES string of the molecule is CC1(C)C[C@H]2[C@H]1CC[C@]1(C)CCC[C@]2(O)C1. The first kappa shape index (κ1) is 11.1. The molecule has 0 aromatic rings. The molecule has 0 aromatic carbocycles. The Labute approximate surface area is 99.6 Å². The zero-order valence-corrected chi connectivity index (χ0v) is 11.1. The fraction of sp³-hybridized carbons (Fsp3) is 1.00. The van der Waals surface area contributed by atoms with Crippen LogP contribution in [0.3, 0.4) is 0 Å². The molecular weight excluding hydrogens is 196 g/mol. The second-order valence-electron chi connectivity index (χ2n) is 7.89. The molecule has 0 spiro atoms. The van der Waals surface area contributed by atoms with Crippen LogP contribution in [0.15, 0.2) is 0 Å². The van der Waals surface area contributed by atoms with Gasteiger partial charge in [0.15, 0.2) is 0 Å². The average Bonchev–Trinajstić information content (AvgIpc) is 2.19. The summed E-state index contributed by atoms with van der Waals surface area (Å²) in [6.07, 6.45) is 8.70. The molecule has 3 rings (SSSR count). The summed E-state index contributed by atoms with van der Waals surface area (Å²) in [4.78, 5) is 0. The van der Waals surface area contributed by atoms with Gasteiger partial charge in [-0.3, -0.25) is 0 Å². The van der Waals surface area contributed by atoms with Crippen molar-refractivity contribution in [2.75, 3.05) is 0 Å². The molecule has 0 aromatic heterocycles. The molecule has 0 heterocycles. The standard InChI is InChI=1S/C15H26O/c1-13(2)9-12-11(13)5-8-14(3)6-4-7-15(12,16)10-14/h11-12,16H,4-10H2,1-3H3/t11-,12+,14+,15+/m1/s1. The van der Waals surface area contributed by atoms with Crippen LogP contribution < -0.4 is 0 Å². The van der Waals surface area contributed by atoms with Crippen molar-refractivity contribution in [1.82, 2.24) is 0 Å². The molecule has 3 fully saturated rings. The van der Waals surface area contributed by atoms with Gasteiger partial charge in [0.2, 0.25) is 0 Å². The van der Waals surface area contributed by atoms with Crippen LogP contribution in [-0.2, 0) is 0 Å². The Bertz CT molecular complexity index is 309. The Balaban J connectivity index is 1.92. The Morgan fingerprint density at radius 3 is 2.44 bits per heavy atom. The first-order chi connectivity index (χ1) is 7.35. The minimum atomic E-state index is -0.302. The van der Waals surface area contributed by atoms with E-state index in [9.17, 15) is 5.11 Å². The van der Waals surface area contributed by atoms with E-state index < -0.39 is 0 Å². The summed E-state index contributed by atoms with van der Waals surface area (Å²) in [7, 11) is 0. The summed E-state index contributed by atoms with van der Waals surface area (Å²) in [6.45, 7) is 7.21. The van der Waals surface area contributed by atoms with Crippen LogP contribution >= 0.6 is 0 Å². The number of hydrogen-bond donors (Lipinski definition) is 1. The minimum Gasteiger partial charge on any atom is -0.390 e. The van der Waals surface area contributed by atoms with Gasteiger partial charge in [-0.2, -0.15) is 0 Å². The van der Waals surface area contributed by atoms with E-state index in [4.69, 9.17) is 0 Å². The van der Waals surface area contributed by atoms with Gasteiger partial charge >= 0.3 is 0 Å². The second kappa shape index (κ2) is 3.04.